The Morgan fingerprint density at radius 2 is 1.38 bits per heavy atom. The number of aromatic nitrogens is 1. The van der Waals surface area contributed by atoms with Crippen molar-refractivity contribution in [1.82, 2.24) is 4.57 Å². The summed E-state index contributed by atoms with van der Waals surface area (Å²) < 4.78 is 59.7. The number of ether oxygens (including phenoxy) is 3. The van der Waals surface area contributed by atoms with Crippen LogP contribution in [0.4, 0.5) is 13.2 Å². The third kappa shape index (κ3) is 3.54. The van der Waals surface area contributed by atoms with E-state index in [-0.39, 0.29) is 5.75 Å². The van der Waals surface area contributed by atoms with Crippen LogP contribution < -0.4 is 14.2 Å². The SMILES string of the molecule is COc1ccc2c(c1)c1cc(OC)ccc1n2-c1c(OC)cc(C(F)(F)F)cc1-c1cccs1. The summed E-state index contributed by atoms with van der Waals surface area (Å²) in [5.41, 5.74) is 1.82. The molecule has 174 valence electrons. The summed E-state index contributed by atoms with van der Waals surface area (Å²) in [5, 5.41) is 3.60. The molecule has 0 fully saturated rings. The highest BCUT2D eigenvalue weighted by molar-refractivity contribution is 7.13. The van der Waals surface area contributed by atoms with Crippen molar-refractivity contribution in [2.75, 3.05) is 21.3 Å². The van der Waals surface area contributed by atoms with E-state index in [0.717, 1.165) is 27.9 Å². The third-order valence-electron chi connectivity index (χ3n) is 5.81. The van der Waals surface area contributed by atoms with Crippen LogP contribution in [0.2, 0.25) is 0 Å². The Labute approximate surface area is 197 Å². The predicted octanol–water partition coefficient (Wildman–Crippen LogP) is 7.56. The Bertz CT molecular complexity index is 1440. The molecule has 0 saturated carbocycles. The van der Waals surface area contributed by atoms with E-state index in [2.05, 4.69) is 0 Å². The molecule has 0 saturated heterocycles. The maximum absolute atomic E-state index is 13.8. The highest BCUT2D eigenvalue weighted by Gasteiger charge is 2.33. The Morgan fingerprint density at radius 1 is 0.765 bits per heavy atom. The van der Waals surface area contributed by atoms with Crippen molar-refractivity contribution in [3.05, 3.63) is 71.6 Å². The lowest BCUT2D eigenvalue weighted by atomic mass is 10.0. The largest absolute Gasteiger partial charge is 0.497 e. The van der Waals surface area contributed by atoms with E-state index >= 15 is 0 Å². The average molecular weight is 484 g/mol. The quantitative estimate of drug-likeness (QED) is 0.259. The summed E-state index contributed by atoms with van der Waals surface area (Å²) in [6.07, 6.45) is -4.51. The minimum atomic E-state index is -4.51. The van der Waals surface area contributed by atoms with Crippen LogP contribution in [0, 0.1) is 0 Å². The van der Waals surface area contributed by atoms with E-state index < -0.39 is 11.7 Å². The molecule has 0 aliphatic rings. The molecule has 0 unspecified atom stereocenters. The summed E-state index contributed by atoms with van der Waals surface area (Å²) >= 11 is 1.37. The molecule has 0 aliphatic heterocycles. The summed E-state index contributed by atoms with van der Waals surface area (Å²) in [4.78, 5) is 0.705. The molecule has 5 rings (SSSR count). The minimum absolute atomic E-state index is 0.128. The summed E-state index contributed by atoms with van der Waals surface area (Å²) in [7, 11) is 4.57. The van der Waals surface area contributed by atoms with Crippen molar-refractivity contribution in [2.45, 2.75) is 6.18 Å². The van der Waals surface area contributed by atoms with Crippen LogP contribution in [0.25, 0.3) is 37.9 Å². The zero-order valence-electron chi connectivity index (χ0n) is 18.6. The minimum Gasteiger partial charge on any atom is -0.497 e. The normalized spacial score (nSPS) is 11.8. The highest BCUT2D eigenvalue weighted by Crippen LogP contribution is 2.45. The van der Waals surface area contributed by atoms with E-state index in [1.807, 2.05) is 58.5 Å². The van der Waals surface area contributed by atoms with Crippen LogP contribution in [-0.4, -0.2) is 25.9 Å². The first kappa shape index (κ1) is 22.2. The Morgan fingerprint density at radius 3 is 1.85 bits per heavy atom. The molecule has 2 aromatic heterocycles. The molecule has 0 amide bonds. The second-order valence-electron chi connectivity index (χ2n) is 7.65. The van der Waals surface area contributed by atoms with Crippen LogP contribution >= 0.6 is 11.3 Å². The monoisotopic (exact) mass is 483 g/mol. The lowest BCUT2D eigenvalue weighted by Crippen LogP contribution is -2.08. The molecule has 0 bridgehead atoms. The highest BCUT2D eigenvalue weighted by atomic mass is 32.1. The zero-order chi connectivity index (χ0) is 24.0. The average Bonchev–Trinajstić information content (AvgIpc) is 3.48. The number of benzene rings is 3. The van der Waals surface area contributed by atoms with Crippen molar-refractivity contribution >= 4 is 33.1 Å². The lowest BCUT2D eigenvalue weighted by Gasteiger charge is -2.19. The number of methoxy groups -OCH3 is 3. The van der Waals surface area contributed by atoms with Gasteiger partial charge in [-0.2, -0.15) is 13.2 Å². The number of halogens is 3. The molecule has 0 aliphatic carbocycles. The molecule has 4 nitrogen and oxygen atoms in total. The number of hydrogen-bond donors (Lipinski definition) is 0. The zero-order valence-corrected chi connectivity index (χ0v) is 19.4. The number of rotatable bonds is 5. The lowest BCUT2D eigenvalue weighted by molar-refractivity contribution is -0.137. The Hall–Kier alpha value is -3.65. The molecule has 8 heteroatoms. The van der Waals surface area contributed by atoms with Crippen LogP contribution in [0.5, 0.6) is 17.2 Å². The number of alkyl halides is 3. The molecule has 0 radical (unpaired) electrons. The van der Waals surface area contributed by atoms with Crippen LogP contribution in [0.1, 0.15) is 5.56 Å². The first-order chi connectivity index (χ1) is 16.4. The van der Waals surface area contributed by atoms with Gasteiger partial charge in [0.05, 0.1) is 43.6 Å². The van der Waals surface area contributed by atoms with Gasteiger partial charge in [-0.1, -0.05) is 6.07 Å². The van der Waals surface area contributed by atoms with Gasteiger partial charge in [-0.05, 0) is 60.0 Å². The van der Waals surface area contributed by atoms with Gasteiger partial charge in [-0.15, -0.1) is 11.3 Å². The van der Waals surface area contributed by atoms with Crippen molar-refractivity contribution in [3.63, 3.8) is 0 Å². The fraction of sp³-hybridized carbons (Fsp3) is 0.154. The van der Waals surface area contributed by atoms with Crippen molar-refractivity contribution < 1.29 is 27.4 Å². The smallest absolute Gasteiger partial charge is 0.416 e. The van der Waals surface area contributed by atoms with Crippen molar-refractivity contribution in [2.24, 2.45) is 0 Å². The molecule has 3 aromatic carbocycles. The van der Waals surface area contributed by atoms with Crippen molar-refractivity contribution in [1.29, 1.82) is 0 Å². The van der Waals surface area contributed by atoms with Crippen LogP contribution in [0.3, 0.4) is 0 Å². The fourth-order valence-corrected chi connectivity index (χ4v) is 5.00. The van der Waals surface area contributed by atoms with E-state index in [4.69, 9.17) is 14.2 Å². The molecule has 5 aromatic rings. The molecule has 0 atom stereocenters. The van der Waals surface area contributed by atoms with Gasteiger partial charge in [0.1, 0.15) is 17.2 Å². The molecule has 34 heavy (non-hydrogen) atoms. The molecule has 0 N–H and O–H groups in total. The van der Waals surface area contributed by atoms with Gasteiger partial charge in [-0.25, -0.2) is 0 Å². The van der Waals surface area contributed by atoms with E-state index in [1.54, 1.807) is 14.2 Å². The third-order valence-corrected chi connectivity index (χ3v) is 6.71. The molecular formula is C26H20F3NO3S. The maximum atomic E-state index is 13.8. The summed E-state index contributed by atoms with van der Waals surface area (Å²) in [6, 6.07) is 17.1. The van der Waals surface area contributed by atoms with Gasteiger partial charge in [0.15, 0.2) is 0 Å². The molecule has 0 spiro atoms. The summed E-state index contributed by atoms with van der Waals surface area (Å²) in [6.45, 7) is 0. The summed E-state index contributed by atoms with van der Waals surface area (Å²) in [5.74, 6) is 1.48. The number of fused-ring (bicyclic) bond motifs is 3. The fourth-order valence-electron chi connectivity index (χ4n) is 4.25. The predicted molar refractivity (Wildman–Crippen MR) is 129 cm³/mol. The second-order valence-corrected chi connectivity index (χ2v) is 8.60. The van der Waals surface area contributed by atoms with Crippen molar-refractivity contribution in [3.8, 4) is 33.4 Å². The second kappa shape index (κ2) is 8.29. The topological polar surface area (TPSA) is 32.6 Å². The van der Waals surface area contributed by atoms with Crippen LogP contribution in [0.15, 0.2) is 66.0 Å². The number of nitrogens with zero attached hydrogens (tertiary/aromatic N) is 1. The van der Waals surface area contributed by atoms with E-state index in [0.29, 0.717) is 27.6 Å². The molecule has 2 heterocycles. The Balaban J connectivity index is 1.95. The first-order valence-electron chi connectivity index (χ1n) is 10.4. The van der Waals surface area contributed by atoms with Gasteiger partial charge in [0.2, 0.25) is 0 Å². The van der Waals surface area contributed by atoms with E-state index in [9.17, 15) is 13.2 Å². The Kier molecular flexibility index (Phi) is 5.40. The van der Waals surface area contributed by atoms with Gasteiger partial charge < -0.3 is 18.8 Å². The maximum Gasteiger partial charge on any atom is 0.416 e. The number of hydrogen-bond acceptors (Lipinski definition) is 4. The molecular weight excluding hydrogens is 463 g/mol. The van der Waals surface area contributed by atoms with E-state index in [1.165, 1.54) is 24.5 Å². The number of thiophene rings is 1. The van der Waals surface area contributed by atoms with Gasteiger partial charge in [0, 0.05) is 21.2 Å². The van der Waals surface area contributed by atoms with Gasteiger partial charge in [0.25, 0.3) is 0 Å². The van der Waals surface area contributed by atoms with Gasteiger partial charge in [-0.3, -0.25) is 0 Å². The standard InChI is InChI=1S/C26H20F3NO3S/c1-31-16-6-8-21-18(13-16)19-14-17(32-2)7-9-22(19)30(21)25-20(24-5-4-10-34-24)11-15(26(27,28)29)12-23(25)33-3/h4-14H,1-3H3. The van der Waals surface area contributed by atoms with Gasteiger partial charge >= 0.3 is 6.18 Å². The first-order valence-corrected chi connectivity index (χ1v) is 11.2. The van der Waals surface area contributed by atoms with Crippen LogP contribution in [-0.2, 0) is 6.18 Å².